The molecule has 4 nitrogen and oxygen atoms in total. The first kappa shape index (κ1) is 13.5. The van der Waals surface area contributed by atoms with E-state index < -0.39 is 5.97 Å². The van der Waals surface area contributed by atoms with Crippen molar-refractivity contribution < 1.29 is 9.90 Å². The van der Waals surface area contributed by atoms with E-state index in [0.29, 0.717) is 0 Å². The maximum atomic E-state index is 10.9. The summed E-state index contributed by atoms with van der Waals surface area (Å²) in [5, 5.41) is 8.99. The van der Waals surface area contributed by atoms with E-state index in [1.54, 1.807) is 0 Å². The highest BCUT2D eigenvalue weighted by Crippen LogP contribution is 2.27. The molecule has 94 valence electrons. The summed E-state index contributed by atoms with van der Waals surface area (Å²) in [6, 6.07) is 0.138. The number of carboxylic acids is 1. The van der Waals surface area contributed by atoms with Gasteiger partial charge >= 0.3 is 5.97 Å². The number of rotatable bonds is 3. The van der Waals surface area contributed by atoms with Crippen molar-refractivity contribution in [2.75, 3.05) is 33.2 Å². The number of piperazine rings is 1. The molecule has 16 heavy (non-hydrogen) atoms. The zero-order valence-electron chi connectivity index (χ0n) is 10.9. The van der Waals surface area contributed by atoms with Crippen LogP contribution < -0.4 is 0 Å². The first-order valence-corrected chi connectivity index (χ1v) is 5.95. The van der Waals surface area contributed by atoms with Crippen molar-refractivity contribution in [3.05, 3.63) is 0 Å². The van der Waals surface area contributed by atoms with Crippen molar-refractivity contribution in [1.82, 2.24) is 9.80 Å². The number of aliphatic carboxylic acids is 1. The summed E-state index contributed by atoms with van der Waals surface area (Å²) in [5.74, 6) is -0.696. The minimum Gasteiger partial charge on any atom is -0.481 e. The van der Waals surface area contributed by atoms with Crippen molar-refractivity contribution in [2.45, 2.75) is 33.2 Å². The Balaban J connectivity index is 2.65. The molecule has 0 aromatic carbocycles. The second-order valence-electron chi connectivity index (χ2n) is 5.82. The molecule has 0 saturated carbocycles. The van der Waals surface area contributed by atoms with Gasteiger partial charge in [0.25, 0.3) is 0 Å². The van der Waals surface area contributed by atoms with Crippen LogP contribution in [0, 0.1) is 5.41 Å². The molecule has 1 unspecified atom stereocenters. The maximum absolute atomic E-state index is 10.9. The fraction of sp³-hybridized carbons (Fsp3) is 0.917. The predicted octanol–water partition coefficient (Wildman–Crippen LogP) is 1.12. The summed E-state index contributed by atoms with van der Waals surface area (Å²) in [5.41, 5.74) is 0.0221. The Bertz CT molecular complexity index is 240. The Morgan fingerprint density at radius 3 is 2.12 bits per heavy atom. The van der Waals surface area contributed by atoms with Gasteiger partial charge in [-0.3, -0.25) is 9.69 Å². The van der Waals surface area contributed by atoms with Crippen molar-refractivity contribution in [3.8, 4) is 0 Å². The number of carboxylic acid groups (broad SMARTS) is 1. The van der Waals surface area contributed by atoms with Crippen molar-refractivity contribution >= 4 is 5.97 Å². The zero-order chi connectivity index (χ0) is 12.3. The SMILES string of the molecule is CN1CCN(C(CC(=O)O)C(C)(C)C)CC1. The monoisotopic (exact) mass is 228 g/mol. The molecule has 0 aromatic heterocycles. The van der Waals surface area contributed by atoms with Crippen LogP contribution in [-0.2, 0) is 4.79 Å². The topological polar surface area (TPSA) is 43.8 Å². The van der Waals surface area contributed by atoms with Crippen LogP contribution in [0.2, 0.25) is 0 Å². The molecule has 1 N–H and O–H groups in total. The van der Waals surface area contributed by atoms with E-state index in [0.717, 1.165) is 26.2 Å². The van der Waals surface area contributed by atoms with Crippen molar-refractivity contribution in [2.24, 2.45) is 5.41 Å². The number of hydrogen-bond acceptors (Lipinski definition) is 3. The molecule has 0 spiro atoms. The van der Waals surface area contributed by atoms with Gasteiger partial charge < -0.3 is 10.0 Å². The third-order valence-corrected chi connectivity index (χ3v) is 3.35. The normalized spacial score (nSPS) is 22.0. The first-order chi connectivity index (χ1) is 7.30. The molecule has 1 rings (SSSR count). The van der Waals surface area contributed by atoms with E-state index in [1.165, 1.54) is 0 Å². The van der Waals surface area contributed by atoms with Gasteiger partial charge in [-0.25, -0.2) is 0 Å². The molecule has 1 fully saturated rings. The molecule has 0 amide bonds. The molecular weight excluding hydrogens is 204 g/mol. The lowest BCUT2D eigenvalue weighted by Crippen LogP contribution is -2.53. The molecule has 1 aliphatic rings. The fourth-order valence-electron chi connectivity index (χ4n) is 2.28. The van der Waals surface area contributed by atoms with Gasteiger partial charge in [-0.05, 0) is 12.5 Å². The van der Waals surface area contributed by atoms with E-state index in [9.17, 15) is 4.79 Å². The van der Waals surface area contributed by atoms with Gasteiger partial charge in [-0.15, -0.1) is 0 Å². The van der Waals surface area contributed by atoms with Gasteiger partial charge in [0.15, 0.2) is 0 Å². The number of hydrogen-bond donors (Lipinski definition) is 1. The number of carbonyl (C=O) groups is 1. The maximum Gasteiger partial charge on any atom is 0.304 e. The third kappa shape index (κ3) is 3.76. The van der Waals surface area contributed by atoms with Gasteiger partial charge in [0, 0.05) is 32.2 Å². The lowest BCUT2D eigenvalue weighted by Gasteiger charge is -2.43. The Morgan fingerprint density at radius 1 is 1.25 bits per heavy atom. The molecule has 1 heterocycles. The molecule has 0 bridgehead atoms. The van der Waals surface area contributed by atoms with E-state index in [-0.39, 0.29) is 17.9 Å². The lowest BCUT2D eigenvalue weighted by molar-refractivity contribution is -0.139. The minimum atomic E-state index is -0.696. The van der Waals surface area contributed by atoms with Crippen molar-refractivity contribution in [1.29, 1.82) is 0 Å². The molecule has 0 aromatic rings. The summed E-state index contributed by atoms with van der Waals surface area (Å²) in [6.07, 6.45) is 0.243. The van der Waals surface area contributed by atoms with Crippen LogP contribution in [0.1, 0.15) is 27.2 Å². The molecule has 1 aliphatic heterocycles. The molecule has 0 radical (unpaired) electrons. The highest BCUT2D eigenvalue weighted by atomic mass is 16.4. The number of likely N-dealkylation sites (N-methyl/N-ethyl adjacent to an activating group) is 1. The fourth-order valence-corrected chi connectivity index (χ4v) is 2.28. The Kier molecular flexibility index (Phi) is 4.33. The first-order valence-electron chi connectivity index (χ1n) is 5.95. The Morgan fingerprint density at radius 2 is 1.75 bits per heavy atom. The van der Waals surface area contributed by atoms with E-state index >= 15 is 0 Å². The average Bonchev–Trinajstić information content (AvgIpc) is 2.14. The minimum absolute atomic E-state index is 0.0221. The molecule has 4 heteroatoms. The Labute approximate surface area is 98.2 Å². The Hall–Kier alpha value is -0.610. The standard InChI is InChI=1S/C12H24N2O2/c1-12(2,3)10(9-11(15)16)14-7-5-13(4)6-8-14/h10H,5-9H2,1-4H3,(H,15,16). The predicted molar refractivity (Wildman–Crippen MR) is 64.6 cm³/mol. The van der Waals surface area contributed by atoms with Crippen LogP contribution >= 0.6 is 0 Å². The highest BCUT2D eigenvalue weighted by Gasteiger charge is 2.33. The smallest absolute Gasteiger partial charge is 0.304 e. The molecule has 1 saturated heterocycles. The van der Waals surface area contributed by atoms with Crippen molar-refractivity contribution in [3.63, 3.8) is 0 Å². The van der Waals surface area contributed by atoms with Crippen LogP contribution in [0.15, 0.2) is 0 Å². The summed E-state index contributed by atoms with van der Waals surface area (Å²) in [7, 11) is 2.11. The lowest BCUT2D eigenvalue weighted by atomic mass is 9.83. The summed E-state index contributed by atoms with van der Waals surface area (Å²) < 4.78 is 0. The van der Waals surface area contributed by atoms with Crippen LogP contribution in [0.3, 0.4) is 0 Å². The molecule has 0 aliphatic carbocycles. The van der Waals surface area contributed by atoms with E-state index in [2.05, 4.69) is 37.6 Å². The van der Waals surface area contributed by atoms with E-state index in [1.807, 2.05) is 0 Å². The van der Waals surface area contributed by atoms with Gasteiger partial charge in [-0.1, -0.05) is 20.8 Å². The number of nitrogens with zero attached hydrogens (tertiary/aromatic N) is 2. The third-order valence-electron chi connectivity index (χ3n) is 3.35. The molecular formula is C12H24N2O2. The summed E-state index contributed by atoms with van der Waals surface area (Å²) in [4.78, 5) is 15.5. The van der Waals surface area contributed by atoms with E-state index in [4.69, 9.17) is 5.11 Å². The van der Waals surface area contributed by atoms with Crippen LogP contribution in [0.4, 0.5) is 0 Å². The van der Waals surface area contributed by atoms with Gasteiger partial charge in [0.2, 0.25) is 0 Å². The quantitative estimate of drug-likeness (QED) is 0.786. The second-order valence-corrected chi connectivity index (χ2v) is 5.82. The van der Waals surface area contributed by atoms with Crippen LogP contribution in [0.25, 0.3) is 0 Å². The summed E-state index contributed by atoms with van der Waals surface area (Å²) >= 11 is 0. The van der Waals surface area contributed by atoms with Gasteiger partial charge in [0.1, 0.15) is 0 Å². The van der Waals surface area contributed by atoms with Gasteiger partial charge in [0.05, 0.1) is 6.42 Å². The largest absolute Gasteiger partial charge is 0.481 e. The average molecular weight is 228 g/mol. The van der Waals surface area contributed by atoms with Crippen LogP contribution in [-0.4, -0.2) is 60.1 Å². The molecule has 1 atom stereocenters. The second kappa shape index (κ2) is 5.15. The van der Waals surface area contributed by atoms with Crippen LogP contribution in [0.5, 0.6) is 0 Å². The van der Waals surface area contributed by atoms with Gasteiger partial charge in [-0.2, -0.15) is 0 Å². The highest BCUT2D eigenvalue weighted by molar-refractivity contribution is 5.67. The summed E-state index contributed by atoms with van der Waals surface area (Å²) in [6.45, 7) is 10.4. The zero-order valence-corrected chi connectivity index (χ0v) is 10.9.